The molecule has 0 aliphatic heterocycles. The second kappa shape index (κ2) is 5.29. The zero-order valence-corrected chi connectivity index (χ0v) is 7.63. The number of carbonyl (C=O) groups is 1. The third-order valence-corrected chi connectivity index (χ3v) is 1.18. The van der Waals surface area contributed by atoms with Crippen LogP contribution in [0, 0.1) is 0 Å². The summed E-state index contributed by atoms with van der Waals surface area (Å²) in [4.78, 5) is 14.8. The number of carbonyl (C=O) groups excluding carboxylic acids is 1. The lowest BCUT2D eigenvalue weighted by Crippen LogP contribution is -2.11. The largest absolute Gasteiger partial charge is 0.465 e. The van der Waals surface area contributed by atoms with Gasteiger partial charge in [0, 0.05) is 5.70 Å². The molecule has 0 fully saturated rings. The van der Waals surface area contributed by atoms with Crippen LogP contribution >= 0.6 is 0 Å². The lowest BCUT2D eigenvalue weighted by atomic mass is 10.4. The number of aliphatic imine (C=N–C) groups is 1. The van der Waals surface area contributed by atoms with Gasteiger partial charge >= 0.3 is 5.97 Å². The summed E-state index contributed by atoms with van der Waals surface area (Å²) in [5, 5.41) is 0. The van der Waals surface area contributed by atoms with E-state index in [-0.39, 0.29) is 0 Å². The second-order valence-corrected chi connectivity index (χ2v) is 2.23. The van der Waals surface area contributed by atoms with Gasteiger partial charge in [0.2, 0.25) is 0 Å². The Kier molecular flexibility index (Phi) is 4.69. The van der Waals surface area contributed by atoms with Crippen LogP contribution in [0.4, 0.5) is 0 Å². The molecule has 0 bridgehead atoms. The molecule has 0 spiro atoms. The van der Waals surface area contributed by atoms with Crippen molar-refractivity contribution in [3.05, 3.63) is 24.4 Å². The number of rotatable bonds is 3. The van der Waals surface area contributed by atoms with Crippen LogP contribution < -0.4 is 0 Å². The highest BCUT2D eigenvalue weighted by Crippen LogP contribution is 1.96. The molecule has 0 saturated carbocycles. The molecule has 12 heavy (non-hydrogen) atoms. The molecule has 0 rings (SSSR count). The van der Waals surface area contributed by atoms with Gasteiger partial charge < -0.3 is 4.74 Å². The quantitative estimate of drug-likeness (QED) is 0.364. The van der Waals surface area contributed by atoms with E-state index in [1.807, 2.05) is 0 Å². The molecule has 0 aromatic rings. The summed E-state index contributed by atoms with van der Waals surface area (Å²) in [6, 6.07) is 0. The fourth-order valence-electron chi connectivity index (χ4n) is 0.666. The summed E-state index contributed by atoms with van der Waals surface area (Å²) in [7, 11) is 1.33. The maximum Gasteiger partial charge on any atom is 0.352 e. The molecule has 3 heteroatoms. The number of hydrogen-bond acceptors (Lipinski definition) is 3. The number of allylic oxidation sites excluding steroid dienone is 3. The molecule has 66 valence electrons. The van der Waals surface area contributed by atoms with E-state index in [2.05, 4.69) is 16.3 Å². The van der Waals surface area contributed by atoms with Crippen molar-refractivity contribution in [2.75, 3.05) is 7.11 Å². The minimum Gasteiger partial charge on any atom is -0.465 e. The monoisotopic (exact) mass is 167 g/mol. The standard InChI is InChI=1S/C9H13NO2/c1-5-6-7(2)10-8(3)9(11)12-4/h5-6H,1H2,2-4H3/b7-6-,10-8+. The predicted molar refractivity (Wildman–Crippen MR) is 49.1 cm³/mol. The Balaban J connectivity index is 4.45. The predicted octanol–water partition coefficient (Wildman–Crippen LogP) is 1.71. The highest BCUT2D eigenvalue weighted by molar-refractivity contribution is 6.35. The van der Waals surface area contributed by atoms with Crippen molar-refractivity contribution >= 4 is 11.7 Å². The molecule has 0 aromatic carbocycles. The third kappa shape index (κ3) is 3.71. The first-order valence-corrected chi connectivity index (χ1v) is 3.54. The van der Waals surface area contributed by atoms with Crippen LogP contribution in [0.1, 0.15) is 13.8 Å². The Hall–Kier alpha value is -1.38. The van der Waals surface area contributed by atoms with E-state index < -0.39 is 5.97 Å². The molecule has 0 amide bonds. The van der Waals surface area contributed by atoms with Gasteiger partial charge in [-0.3, -0.25) is 4.99 Å². The molecule has 0 aliphatic carbocycles. The SMILES string of the molecule is C=C/C=C(C)\N=C(/C)C(=O)OC. The van der Waals surface area contributed by atoms with Crippen LogP contribution in [0.3, 0.4) is 0 Å². The number of hydrogen-bond donors (Lipinski definition) is 0. The first-order valence-electron chi connectivity index (χ1n) is 3.54. The van der Waals surface area contributed by atoms with E-state index in [0.29, 0.717) is 5.71 Å². The Morgan fingerprint density at radius 3 is 2.50 bits per heavy atom. The van der Waals surface area contributed by atoms with Crippen LogP contribution in [0.25, 0.3) is 0 Å². The minimum atomic E-state index is -0.410. The van der Waals surface area contributed by atoms with Gasteiger partial charge in [0.15, 0.2) is 0 Å². The van der Waals surface area contributed by atoms with Crippen molar-refractivity contribution < 1.29 is 9.53 Å². The highest BCUT2D eigenvalue weighted by Gasteiger charge is 2.03. The van der Waals surface area contributed by atoms with Gasteiger partial charge in [0.1, 0.15) is 5.71 Å². The Labute approximate surface area is 72.4 Å². The maximum atomic E-state index is 10.8. The average Bonchev–Trinajstić information content (AvgIpc) is 2.03. The number of nitrogens with zero attached hydrogens (tertiary/aromatic N) is 1. The highest BCUT2D eigenvalue weighted by atomic mass is 16.5. The lowest BCUT2D eigenvalue weighted by Gasteiger charge is -1.97. The number of esters is 1. The maximum absolute atomic E-state index is 10.8. The molecule has 0 unspecified atom stereocenters. The minimum absolute atomic E-state index is 0.341. The fraction of sp³-hybridized carbons (Fsp3) is 0.333. The lowest BCUT2D eigenvalue weighted by molar-refractivity contribution is -0.132. The van der Waals surface area contributed by atoms with Crippen molar-refractivity contribution in [1.29, 1.82) is 0 Å². The van der Waals surface area contributed by atoms with Crippen molar-refractivity contribution in [2.24, 2.45) is 4.99 Å². The van der Waals surface area contributed by atoms with Crippen LogP contribution in [-0.4, -0.2) is 18.8 Å². The molecule has 0 aliphatic rings. The van der Waals surface area contributed by atoms with Gasteiger partial charge in [-0.2, -0.15) is 0 Å². The first kappa shape index (κ1) is 10.6. The van der Waals surface area contributed by atoms with E-state index in [9.17, 15) is 4.79 Å². The Morgan fingerprint density at radius 1 is 1.50 bits per heavy atom. The number of ether oxygens (including phenoxy) is 1. The molecule has 0 saturated heterocycles. The second-order valence-electron chi connectivity index (χ2n) is 2.23. The summed E-state index contributed by atoms with van der Waals surface area (Å²) in [6.07, 6.45) is 3.33. The van der Waals surface area contributed by atoms with Gasteiger partial charge in [-0.05, 0) is 19.9 Å². The normalized spacial score (nSPS) is 12.6. The third-order valence-electron chi connectivity index (χ3n) is 1.18. The van der Waals surface area contributed by atoms with E-state index >= 15 is 0 Å². The molecule has 3 nitrogen and oxygen atoms in total. The smallest absolute Gasteiger partial charge is 0.352 e. The van der Waals surface area contributed by atoms with E-state index in [0.717, 1.165) is 5.70 Å². The van der Waals surface area contributed by atoms with Gasteiger partial charge in [-0.25, -0.2) is 4.79 Å². The van der Waals surface area contributed by atoms with Crippen molar-refractivity contribution in [2.45, 2.75) is 13.8 Å². The molecule has 0 aromatic heterocycles. The van der Waals surface area contributed by atoms with Gasteiger partial charge in [0.05, 0.1) is 7.11 Å². The van der Waals surface area contributed by atoms with Crippen LogP contribution in [0.2, 0.25) is 0 Å². The molecular formula is C9H13NO2. The summed E-state index contributed by atoms with van der Waals surface area (Å²) in [5.74, 6) is -0.410. The van der Waals surface area contributed by atoms with Gasteiger partial charge in [-0.15, -0.1) is 0 Å². The van der Waals surface area contributed by atoms with E-state index in [4.69, 9.17) is 0 Å². The van der Waals surface area contributed by atoms with Crippen molar-refractivity contribution in [3.63, 3.8) is 0 Å². The summed E-state index contributed by atoms with van der Waals surface area (Å²) >= 11 is 0. The summed E-state index contributed by atoms with van der Waals surface area (Å²) in [5.41, 5.74) is 1.07. The van der Waals surface area contributed by atoms with Crippen LogP contribution in [-0.2, 0) is 9.53 Å². The molecule has 0 atom stereocenters. The topological polar surface area (TPSA) is 38.7 Å². The van der Waals surface area contributed by atoms with Gasteiger partial charge in [-0.1, -0.05) is 12.7 Å². The van der Waals surface area contributed by atoms with Crippen molar-refractivity contribution in [1.82, 2.24) is 0 Å². The first-order chi connectivity index (χ1) is 5.61. The molecule has 0 radical (unpaired) electrons. The summed E-state index contributed by atoms with van der Waals surface area (Å²) < 4.78 is 4.47. The van der Waals surface area contributed by atoms with E-state index in [1.54, 1.807) is 26.0 Å². The Morgan fingerprint density at radius 2 is 2.08 bits per heavy atom. The molecule has 0 N–H and O–H groups in total. The average molecular weight is 167 g/mol. The fourth-order valence-corrected chi connectivity index (χ4v) is 0.666. The van der Waals surface area contributed by atoms with Crippen LogP contribution in [0.5, 0.6) is 0 Å². The zero-order chi connectivity index (χ0) is 9.56. The Bertz CT molecular complexity index is 239. The van der Waals surface area contributed by atoms with Crippen LogP contribution in [0.15, 0.2) is 29.4 Å². The van der Waals surface area contributed by atoms with E-state index in [1.165, 1.54) is 7.11 Å². The number of methoxy groups -OCH3 is 1. The summed E-state index contributed by atoms with van der Waals surface area (Å²) in [6.45, 7) is 6.90. The van der Waals surface area contributed by atoms with Gasteiger partial charge in [0.25, 0.3) is 0 Å². The molecule has 0 heterocycles. The van der Waals surface area contributed by atoms with Crippen molar-refractivity contribution in [3.8, 4) is 0 Å². The zero-order valence-electron chi connectivity index (χ0n) is 7.63. The molecular weight excluding hydrogens is 154 g/mol.